The van der Waals surface area contributed by atoms with Gasteiger partial charge < -0.3 is 9.84 Å². The predicted molar refractivity (Wildman–Crippen MR) is 126 cm³/mol. The zero-order valence-electron chi connectivity index (χ0n) is 18.8. The average Bonchev–Trinajstić information content (AvgIpc) is 3.05. The van der Waals surface area contributed by atoms with Crippen molar-refractivity contribution in [2.75, 3.05) is 13.7 Å². The van der Waals surface area contributed by atoms with Crippen molar-refractivity contribution in [3.8, 4) is 11.4 Å². The van der Waals surface area contributed by atoms with Gasteiger partial charge in [-0.15, -0.1) is 0 Å². The first-order valence-corrected chi connectivity index (χ1v) is 11.1. The van der Waals surface area contributed by atoms with Crippen molar-refractivity contribution in [3.63, 3.8) is 0 Å². The number of rotatable bonds is 10. The molecule has 3 rings (SSSR count). The highest BCUT2D eigenvalue weighted by molar-refractivity contribution is 6.30. The molecule has 0 aliphatic heterocycles. The second kappa shape index (κ2) is 10.8. The minimum Gasteiger partial charge on any atom is -0.489 e. The monoisotopic (exact) mass is 441 g/mol. The van der Waals surface area contributed by atoms with Crippen LogP contribution in [0.2, 0.25) is 5.15 Å². The molecule has 0 aliphatic rings. The van der Waals surface area contributed by atoms with Crippen LogP contribution >= 0.6 is 11.6 Å². The van der Waals surface area contributed by atoms with E-state index in [1.807, 2.05) is 49.4 Å². The Labute approximate surface area is 190 Å². The number of hydrogen-bond acceptors (Lipinski definition) is 4. The van der Waals surface area contributed by atoms with Gasteiger partial charge in [0.2, 0.25) is 0 Å². The molecule has 166 valence electrons. The van der Waals surface area contributed by atoms with E-state index in [2.05, 4.69) is 43.0 Å². The Bertz CT molecular complexity index is 955. The van der Waals surface area contributed by atoms with E-state index in [0.29, 0.717) is 17.7 Å². The number of aliphatic hydroxyl groups is 1. The Morgan fingerprint density at radius 2 is 1.77 bits per heavy atom. The number of likely N-dealkylation sites (N-methyl/N-ethyl adjacent to an activating group) is 1. The fourth-order valence-electron chi connectivity index (χ4n) is 3.64. The maximum Gasteiger partial charge on any atom is 0.139 e. The summed E-state index contributed by atoms with van der Waals surface area (Å²) >= 11 is 6.59. The van der Waals surface area contributed by atoms with Crippen molar-refractivity contribution in [2.45, 2.75) is 46.4 Å². The number of para-hydroxylation sites is 1. The average molecular weight is 442 g/mol. The molecule has 0 saturated carbocycles. The first-order chi connectivity index (χ1) is 14.9. The lowest BCUT2D eigenvalue weighted by Crippen LogP contribution is -2.35. The topological polar surface area (TPSA) is 50.5 Å². The van der Waals surface area contributed by atoms with Gasteiger partial charge in [-0.1, -0.05) is 55.8 Å². The number of aryl methyl sites for hydroxylation is 1. The summed E-state index contributed by atoms with van der Waals surface area (Å²) in [5.74, 6) is 1.34. The van der Waals surface area contributed by atoms with E-state index in [1.54, 1.807) is 4.68 Å². The SMILES string of the molecule is Cc1nn(-c2ccccc2)c(Cl)c1COc1ccc(CN(C)[C@@H](CO)CC(C)C)cc1. The van der Waals surface area contributed by atoms with E-state index >= 15 is 0 Å². The summed E-state index contributed by atoms with van der Waals surface area (Å²) in [5, 5.41) is 14.8. The molecule has 0 amide bonds. The molecule has 1 heterocycles. The minimum absolute atomic E-state index is 0.169. The number of ether oxygens (including phenoxy) is 1. The van der Waals surface area contributed by atoms with Crippen LogP contribution in [-0.2, 0) is 13.2 Å². The normalized spacial score (nSPS) is 12.5. The number of hydrogen-bond donors (Lipinski definition) is 1. The van der Waals surface area contributed by atoms with Crippen LogP contribution in [-0.4, -0.2) is 39.5 Å². The third-order valence-electron chi connectivity index (χ3n) is 5.44. The Balaban J connectivity index is 1.62. The summed E-state index contributed by atoms with van der Waals surface area (Å²) in [6.07, 6.45) is 0.977. The van der Waals surface area contributed by atoms with E-state index < -0.39 is 0 Å². The molecular weight excluding hydrogens is 410 g/mol. The van der Waals surface area contributed by atoms with Crippen LogP contribution < -0.4 is 4.74 Å². The highest BCUT2D eigenvalue weighted by atomic mass is 35.5. The van der Waals surface area contributed by atoms with Crippen molar-refractivity contribution < 1.29 is 9.84 Å². The lowest BCUT2D eigenvalue weighted by Gasteiger charge is -2.28. The summed E-state index contributed by atoms with van der Waals surface area (Å²) < 4.78 is 7.73. The Kier molecular flexibility index (Phi) is 8.13. The minimum atomic E-state index is 0.169. The van der Waals surface area contributed by atoms with Gasteiger partial charge >= 0.3 is 0 Å². The first-order valence-electron chi connectivity index (χ1n) is 10.7. The Morgan fingerprint density at radius 3 is 2.39 bits per heavy atom. The molecule has 1 aromatic heterocycles. The molecule has 31 heavy (non-hydrogen) atoms. The molecule has 0 unspecified atom stereocenters. The van der Waals surface area contributed by atoms with Gasteiger partial charge in [-0.2, -0.15) is 5.10 Å². The standard InChI is InChI=1S/C25H32ClN3O2/c1-18(2)14-22(16-30)28(4)15-20-10-12-23(13-11-20)31-17-24-19(3)27-29(25(24)26)21-8-6-5-7-9-21/h5-13,18,22,30H,14-17H2,1-4H3/t22-/m1/s1. The summed E-state index contributed by atoms with van der Waals surface area (Å²) in [5.41, 5.74) is 3.85. The molecule has 0 radical (unpaired) electrons. The fourth-order valence-corrected chi connectivity index (χ4v) is 3.96. The molecule has 5 nitrogen and oxygen atoms in total. The maximum absolute atomic E-state index is 9.69. The van der Waals surface area contributed by atoms with Gasteiger partial charge in [0.15, 0.2) is 0 Å². The highest BCUT2D eigenvalue weighted by Gasteiger charge is 2.17. The maximum atomic E-state index is 9.69. The first kappa shape index (κ1) is 23.3. The molecule has 3 aromatic rings. The van der Waals surface area contributed by atoms with Crippen LogP contribution in [0.3, 0.4) is 0 Å². The molecule has 0 saturated heterocycles. The number of aliphatic hydroxyl groups excluding tert-OH is 1. The van der Waals surface area contributed by atoms with E-state index in [0.717, 1.165) is 35.7 Å². The Morgan fingerprint density at radius 1 is 1.10 bits per heavy atom. The van der Waals surface area contributed by atoms with Gasteiger partial charge in [-0.05, 0) is 56.1 Å². The van der Waals surface area contributed by atoms with Crippen LogP contribution in [0, 0.1) is 12.8 Å². The van der Waals surface area contributed by atoms with E-state index in [9.17, 15) is 5.11 Å². The fraction of sp³-hybridized carbons (Fsp3) is 0.400. The van der Waals surface area contributed by atoms with Crippen LogP contribution in [0.5, 0.6) is 5.75 Å². The molecular formula is C25H32ClN3O2. The molecule has 0 spiro atoms. The summed E-state index contributed by atoms with van der Waals surface area (Å²) in [4.78, 5) is 2.21. The zero-order valence-corrected chi connectivity index (χ0v) is 19.5. The molecule has 1 atom stereocenters. The number of halogens is 1. The van der Waals surface area contributed by atoms with Gasteiger partial charge in [0.05, 0.1) is 18.0 Å². The van der Waals surface area contributed by atoms with Gasteiger partial charge in [0, 0.05) is 18.2 Å². The quantitative estimate of drug-likeness (QED) is 0.466. The smallest absolute Gasteiger partial charge is 0.139 e. The number of benzene rings is 2. The zero-order chi connectivity index (χ0) is 22.4. The summed E-state index contributed by atoms with van der Waals surface area (Å²) in [6, 6.07) is 18.1. The van der Waals surface area contributed by atoms with Crippen LogP contribution in [0.25, 0.3) is 5.69 Å². The predicted octanol–water partition coefficient (Wildman–Crippen LogP) is 5.25. The Hall–Kier alpha value is -2.34. The van der Waals surface area contributed by atoms with Crippen molar-refractivity contribution in [2.24, 2.45) is 5.92 Å². The second-order valence-corrected chi connectivity index (χ2v) is 8.77. The molecule has 0 bridgehead atoms. The molecule has 6 heteroatoms. The van der Waals surface area contributed by atoms with E-state index in [4.69, 9.17) is 16.3 Å². The van der Waals surface area contributed by atoms with Gasteiger partial charge in [0.25, 0.3) is 0 Å². The van der Waals surface area contributed by atoms with E-state index in [1.165, 1.54) is 5.56 Å². The van der Waals surface area contributed by atoms with Gasteiger partial charge in [0.1, 0.15) is 17.5 Å². The van der Waals surface area contributed by atoms with Crippen molar-refractivity contribution in [3.05, 3.63) is 76.6 Å². The number of nitrogens with zero attached hydrogens (tertiary/aromatic N) is 3. The van der Waals surface area contributed by atoms with Gasteiger partial charge in [-0.3, -0.25) is 4.90 Å². The van der Waals surface area contributed by atoms with E-state index in [-0.39, 0.29) is 12.6 Å². The summed E-state index contributed by atoms with van der Waals surface area (Å²) in [7, 11) is 2.06. The second-order valence-electron chi connectivity index (χ2n) is 8.42. The van der Waals surface area contributed by atoms with Crippen LogP contribution in [0.15, 0.2) is 54.6 Å². The lowest BCUT2D eigenvalue weighted by atomic mass is 10.0. The van der Waals surface area contributed by atoms with Crippen molar-refractivity contribution in [1.29, 1.82) is 0 Å². The van der Waals surface area contributed by atoms with Crippen LogP contribution in [0.1, 0.15) is 37.1 Å². The van der Waals surface area contributed by atoms with Crippen LogP contribution in [0.4, 0.5) is 0 Å². The molecule has 0 aliphatic carbocycles. The lowest BCUT2D eigenvalue weighted by molar-refractivity contribution is 0.124. The largest absolute Gasteiger partial charge is 0.489 e. The van der Waals surface area contributed by atoms with Crippen molar-refractivity contribution >= 4 is 11.6 Å². The number of aromatic nitrogens is 2. The molecule has 0 fully saturated rings. The molecule has 1 N–H and O–H groups in total. The third kappa shape index (κ3) is 6.10. The highest BCUT2D eigenvalue weighted by Crippen LogP contribution is 2.25. The molecule has 2 aromatic carbocycles. The summed E-state index contributed by atoms with van der Waals surface area (Å²) in [6.45, 7) is 7.62. The van der Waals surface area contributed by atoms with Crippen molar-refractivity contribution in [1.82, 2.24) is 14.7 Å². The third-order valence-corrected chi connectivity index (χ3v) is 5.83. The van der Waals surface area contributed by atoms with Gasteiger partial charge in [-0.25, -0.2) is 4.68 Å².